The van der Waals surface area contributed by atoms with E-state index in [1.54, 1.807) is 0 Å². The van der Waals surface area contributed by atoms with Crippen molar-refractivity contribution < 1.29 is 23.8 Å². The van der Waals surface area contributed by atoms with Crippen LogP contribution in [-0.2, 0) is 27.1 Å². The van der Waals surface area contributed by atoms with Gasteiger partial charge in [-0.25, -0.2) is 0 Å². The van der Waals surface area contributed by atoms with Gasteiger partial charge in [-0.2, -0.15) is 0 Å². The van der Waals surface area contributed by atoms with E-state index in [-0.39, 0.29) is 18.6 Å². The average molecular weight is 312 g/mol. The molecule has 23 heavy (non-hydrogen) atoms. The predicted octanol–water partition coefficient (Wildman–Crippen LogP) is 2.96. The second-order valence-electron chi connectivity index (χ2n) is 5.75. The number of carboxylic acids is 1. The van der Waals surface area contributed by atoms with Gasteiger partial charge in [-0.15, -0.1) is 0 Å². The molecular formula is C18H16O5. The maximum absolute atomic E-state index is 10.9. The molecule has 2 unspecified atom stereocenters. The number of ether oxygens (including phenoxy) is 2. The molecule has 1 fully saturated rings. The SMILES string of the molecule is O=C(O)Cc1coc2c1C=C1OCC(c3ccccc3)OC1C2. The Hall–Kier alpha value is -2.53. The standard InChI is InChI=1S/C18H16O5/c19-18(20)6-12-9-21-14-8-16-15(7-13(12)14)22-10-17(23-16)11-4-2-1-3-5-11/h1-5,7,9,16-17H,6,8,10H2,(H,19,20). The molecule has 118 valence electrons. The van der Waals surface area contributed by atoms with Gasteiger partial charge < -0.3 is 19.0 Å². The molecule has 2 aliphatic rings. The summed E-state index contributed by atoms with van der Waals surface area (Å²) in [5.41, 5.74) is 2.58. The first-order chi connectivity index (χ1) is 11.2. The molecule has 5 heteroatoms. The lowest BCUT2D eigenvalue weighted by Crippen LogP contribution is -2.33. The minimum Gasteiger partial charge on any atom is -0.492 e. The fourth-order valence-electron chi connectivity index (χ4n) is 3.09. The van der Waals surface area contributed by atoms with Crippen molar-refractivity contribution in [3.8, 4) is 0 Å². The topological polar surface area (TPSA) is 68.9 Å². The Morgan fingerprint density at radius 1 is 1.22 bits per heavy atom. The summed E-state index contributed by atoms with van der Waals surface area (Å²) in [6.07, 6.45) is 3.58. The van der Waals surface area contributed by atoms with E-state index < -0.39 is 5.97 Å². The fourth-order valence-corrected chi connectivity index (χ4v) is 3.09. The molecule has 1 aromatic carbocycles. The maximum atomic E-state index is 10.9. The van der Waals surface area contributed by atoms with Gasteiger partial charge >= 0.3 is 5.97 Å². The van der Waals surface area contributed by atoms with Crippen LogP contribution >= 0.6 is 0 Å². The first-order valence-corrected chi connectivity index (χ1v) is 7.56. The third kappa shape index (κ3) is 2.64. The number of furan rings is 1. The van der Waals surface area contributed by atoms with Crippen molar-refractivity contribution in [3.05, 3.63) is 64.8 Å². The summed E-state index contributed by atoms with van der Waals surface area (Å²) in [5.74, 6) is 0.629. The highest BCUT2D eigenvalue weighted by molar-refractivity contribution is 5.73. The Morgan fingerprint density at radius 2 is 2.04 bits per heavy atom. The molecule has 1 N–H and O–H groups in total. The van der Waals surface area contributed by atoms with Gasteiger partial charge in [0.25, 0.3) is 0 Å². The third-order valence-electron chi connectivity index (χ3n) is 4.21. The van der Waals surface area contributed by atoms with Crippen molar-refractivity contribution in [1.29, 1.82) is 0 Å². The Morgan fingerprint density at radius 3 is 2.83 bits per heavy atom. The summed E-state index contributed by atoms with van der Waals surface area (Å²) in [5, 5.41) is 8.96. The lowest BCUT2D eigenvalue weighted by Gasteiger charge is -2.34. The summed E-state index contributed by atoms with van der Waals surface area (Å²) in [6, 6.07) is 9.98. The van der Waals surface area contributed by atoms with Crippen LogP contribution in [0, 0.1) is 0 Å². The number of aliphatic carboxylic acids is 1. The van der Waals surface area contributed by atoms with Crippen LogP contribution in [-0.4, -0.2) is 23.8 Å². The molecule has 1 aliphatic heterocycles. The first-order valence-electron chi connectivity index (χ1n) is 7.56. The largest absolute Gasteiger partial charge is 0.492 e. The molecule has 2 heterocycles. The lowest BCUT2D eigenvalue weighted by atomic mass is 9.96. The highest BCUT2D eigenvalue weighted by Crippen LogP contribution is 2.37. The Kier molecular flexibility index (Phi) is 3.42. The smallest absolute Gasteiger partial charge is 0.307 e. The van der Waals surface area contributed by atoms with Crippen molar-refractivity contribution in [2.24, 2.45) is 0 Å². The van der Waals surface area contributed by atoms with Gasteiger partial charge in [-0.3, -0.25) is 4.79 Å². The van der Waals surface area contributed by atoms with Gasteiger partial charge in [0.15, 0.2) is 0 Å². The van der Waals surface area contributed by atoms with E-state index in [0.717, 1.165) is 22.6 Å². The van der Waals surface area contributed by atoms with Crippen LogP contribution in [0.15, 0.2) is 46.8 Å². The van der Waals surface area contributed by atoms with Crippen LogP contribution in [0.4, 0.5) is 0 Å². The Labute approximate surface area is 133 Å². The van der Waals surface area contributed by atoms with Crippen LogP contribution < -0.4 is 0 Å². The lowest BCUT2D eigenvalue weighted by molar-refractivity contribution is -0.136. The zero-order chi connectivity index (χ0) is 15.8. The number of carbonyl (C=O) groups is 1. The van der Waals surface area contributed by atoms with Gasteiger partial charge in [0.1, 0.15) is 30.3 Å². The molecule has 2 aromatic rings. The van der Waals surface area contributed by atoms with E-state index in [1.165, 1.54) is 6.26 Å². The highest BCUT2D eigenvalue weighted by Gasteiger charge is 2.34. The quantitative estimate of drug-likeness (QED) is 0.943. The number of fused-ring (bicyclic) bond motifs is 2. The molecule has 0 amide bonds. The van der Waals surface area contributed by atoms with E-state index in [2.05, 4.69) is 0 Å². The van der Waals surface area contributed by atoms with Gasteiger partial charge in [0, 0.05) is 17.5 Å². The molecule has 1 aromatic heterocycles. The molecule has 0 radical (unpaired) electrons. The van der Waals surface area contributed by atoms with Crippen molar-refractivity contribution >= 4 is 12.0 Å². The van der Waals surface area contributed by atoms with Crippen molar-refractivity contribution in [2.75, 3.05) is 6.61 Å². The van der Waals surface area contributed by atoms with E-state index >= 15 is 0 Å². The molecule has 0 bridgehead atoms. The van der Waals surface area contributed by atoms with E-state index in [9.17, 15) is 4.79 Å². The number of carboxylic acid groups (broad SMARTS) is 1. The van der Waals surface area contributed by atoms with E-state index in [1.807, 2.05) is 36.4 Å². The van der Waals surface area contributed by atoms with Crippen molar-refractivity contribution in [2.45, 2.75) is 25.0 Å². The summed E-state index contributed by atoms with van der Waals surface area (Å²) < 4.78 is 17.6. The minimum atomic E-state index is -0.876. The molecule has 0 saturated carbocycles. The molecule has 5 nitrogen and oxygen atoms in total. The average Bonchev–Trinajstić information content (AvgIpc) is 2.94. The number of hydrogen-bond donors (Lipinski definition) is 1. The second kappa shape index (κ2) is 5.59. The van der Waals surface area contributed by atoms with Crippen LogP contribution in [0.3, 0.4) is 0 Å². The van der Waals surface area contributed by atoms with Crippen LogP contribution in [0.25, 0.3) is 6.08 Å². The Balaban J connectivity index is 1.57. The molecule has 0 spiro atoms. The van der Waals surface area contributed by atoms with Crippen LogP contribution in [0.2, 0.25) is 0 Å². The fraction of sp³-hybridized carbons (Fsp3) is 0.278. The molecule has 4 rings (SSSR count). The zero-order valence-electron chi connectivity index (χ0n) is 12.4. The van der Waals surface area contributed by atoms with Gasteiger partial charge in [-0.1, -0.05) is 30.3 Å². The monoisotopic (exact) mass is 312 g/mol. The van der Waals surface area contributed by atoms with Crippen molar-refractivity contribution in [1.82, 2.24) is 0 Å². The minimum absolute atomic E-state index is 0.0548. The third-order valence-corrected chi connectivity index (χ3v) is 4.21. The Bertz CT molecular complexity index is 759. The summed E-state index contributed by atoms with van der Waals surface area (Å²) in [6.45, 7) is 0.452. The van der Waals surface area contributed by atoms with Gasteiger partial charge in [0.2, 0.25) is 0 Å². The molecular weight excluding hydrogens is 296 g/mol. The first kappa shape index (κ1) is 14.1. The van der Waals surface area contributed by atoms with Crippen molar-refractivity contribution in [3.63, 3.8) is 0 Å². The van der Waals surface area contributed by atoms with Gasteiger partial charge in [0.05, 0.1) is 12.7 Å². The second-order valence-corrected chi connectivity index (χ2v) is 5.75. The summed E-state index contributed by atoms with van der Waals surface area (Å²) in [4.78, 5) is 10.9. The van der Waals surface area contributed by atoms with Gasteiger partial charge in [-0.05, 0) is 11.6 Å². The molecule has 1 aliphatic carbocycles. The molecule has 2 atom stereocenters. The van der Waals surface area contributed by atoms with Crippen LogP contribution in [0.5, 0.6) is 0 Å². The number of hydrogen-bond acceptors (Lipinski definition) is 4. The summed E-state index contributed by atoms with van der Waals surface area (Å²) >= 11 is 0. The van der Waals surface area contributed by atoms with Crippen LogP contribution in [0.1, 0.15) is 28.6 Å². The van der Waals surface area contributed by atoms with E-state index in [4.69, 9.17) is 19.0 Å². The predicted molar refractivity (Wildman–Crippen MR) is 81.7 cm³/mol. The zero-order valence-corrected chi connectivity index (χ0v) is 12.4. The maximum Gasteiger partial charge on any atom is 0.307 e. The molecule has 1 saturated heterocycles. The number of rotatable bonds is 3. The number of benzene rings is 1. The normalized spacial score (nSPS) is 22.5. The summed E-state index contributed by atoms with van der Waals surface area (Å²) in [7, 11) is 0. The highest BCUT2D eigenvalue weighted by atomic mass is 16.6. The van der Waals surface area contributed by atoms with E-state index in [0.29, 0.717) is 18.6 Å².